The summed E-state index contributed by atoms with van der Waals surface area (Å²) in [6.07, 6.45) is 5.82. The highest BCUT2D eigenvalue weighted by Crippen LogP contribution is 2.28. The molecule has 0 heterocycles. The first-order valence-electron chi connectivity index (χ1n) is 5.73. The number of rotatable bonds is 6. The van der Waals surface area contributed by atoms with Gasteiger partial charge in [0.15, 0.2) is 0 Å². The van der Waals surface area contributed by atoms with Crippen LogP contribution in [-0.4, -0.2) is 43.6 Å². The van der Waals surface area contributed by atoms with Crippen LogP contribution in [0.5, 0.6) is 0 Å². The first-order valence-corrected chi connectivity index (χ1v) is 7.37. The Balaban J connectivity index is 2.46. The molecule has 1 aliphatic rings. The van der Waals surface area contributed by atoms with Crippen molar-refractivity contribution in [1.29, 1.82) is 0 Å². The Bertz CT molecular complexity index is 234. The van der Waals surface area contributed by atoms with E-state index in [1.54, 1.807) is 28.4 Å². The summed E-state index contributed by atoms with van der Waals surface area (Å²) in [6, 6.07) is 0. The number of hydrogen-bond acceptors (Lipinski definition) is 5. The fraction of sp³-hybridized carbons (Fsp3) is 0.818. The molecule has 0 aromatic heterocycles. The highest BCUT2D eigenvalue weighted by molar-refractivity contribution is 6.53. The highest BCUT2D eigenvalue weighted by atomic mass is 28.4. The summed E-state index contributed by atoms with van der Waals surface area (Å²) in [7, 11) is 3.44. The zero-order valence-corrected chi connectivity index (χ0v) is 12.0. The van der Waals surface area contributed by atoms with Gasteiger partial charge in [-0.2, -0.15) is 0 Å². The van der Waals surface area contributed by atoms with E-state index in [9.17, 15) is 0 Å². The molecular formula is C11H22O5Si. The van der Waals surface area contributed by atoms with Crippen molar-refractivity contribution in [2.24, 2.45) is 0 Å². The van der Waals surface area contributed by atoms with Gasteiger partial charge in [-0.3, -0.25) is 0 Å². The first-order chi connectivity index (χ1) is 8.19. The molecule has 0 radical (unpaired) electrons. The van der Waals surface area contributed by atoms with E-state index in [2.05, 4.69) is 0 Å². The average Bonchev–Trinajstić information content (AvgIpc) is 2.39. The van der Waals surface area contributed by atoms with Gasteiger partial charge in [0.2, 0.25) is 0 Å². The van der Waals surface area contributed by atoms with E-state index in [-0.39, 0.29) is 6.10 Å². The van der Waals surface area contributed by atoms with Crippen LogP contribution in [0, 0.1) is 0 Å². The Morgan fingerprint density at radius 2 is 1.53 bits per heavy atom. The van der Waals surface area contributed by atoms with Gasteiger partial charge in [0.1, 0.15) is 0 Å². The standard InChI is InChI=1S/C11H22O5Si/c1-12-9-10-5-7-11(8-6-10)16-17(13-2,14-3)15-4/h9,11H,5-8H2,1-4H3. The molecule has 0 spiro atoms. The van der Waals surface area contributed by atoms with Crippen LogP contribution in [0.2, 0.25) is 0 Å². The van der Waals surface area contributed by atoms with Gasteiger partial charge < -0.3 is 22.4 Å². The van der Waals surface area contributed by atoms with E-state index >= 15 is 0 Å². The van der Waals surface area contributed by atoms with Crippen LogP contribution in [-0.2, 0) is 22.4 Å². The minimum absolute atomic E-state index is 0.135. The van der Waals surface area contributed by atoms with Crippen molar-refractivity contribution >= 4 is 9.05 Å². The molecule has 5 nitrogen and oxygen atoms in total. The van der Waals surface area contributed by atoms with E-state index < -0.39 is 9.05 Å². The predicted molar refractivity (Wildman–Crippen MR) is 65.2 cm³/mol. The maximum absolute atomic E-state index is 5.86. The second-order valence-corrected chi connectivity index (χ2v) is 6.40. The molecule has 1 fully saturated rings. The maximum atomic E-state index is 5.86. The van der Waals surface area contributed by atoms with Crippen LogP contribution in [0.1, 0.15) is 25.7 Å². The number of ether oxygens (including phenoxy) is 1. The van der Waals surface area contributed by atoms with Crippen molar-refractivity contribution in [3.05, 3.63) is 11.8 Å². The number of allylic oxidation sites excluding steroid dienone is 1. The van der Waals surface area contributed by atoms with Crippen LogP contribution in [0.3, 0.4) is 0 Å². The fourth-order valence-electron chi connectivity index (χ4n) is 1.96. The van der Waals surface area contributed by atoms with Crippen LogP contribution >= 0.6 is 0 Å². The van der Waals surface area contributed by atoms with Gasteiger partial charge in [-0.15, -0.1) is 0 Å². The summed E-state index contributed by atoms with van der Waals surface area (Å²) in [4.78, 5) is 0. The van der Waals surface area contributed by atoms with E-state index in [4.69, 9.17) is 22.4 Å². The molecule has 1 aliphatic carbocycles. The van der Waals surface area contributed by atoms with Gasteiger partial charge in [0.25, 0.3) is 0 Å². The zero-order valence-electron chi connectivity index (χ0n) is 11.0. The maximum Gasteiger partial charge on any atom is 0.679 e. The van der Waals surface area contributed by atoms with Crippen molar-refractivity contribution < 1.29 is 22.4 Å². The van der Waals surface area contributed by atoms with E-state index in [0.29, 0.717) is 0 Å². The van der Waals surface area contributed by atoms with E-state index in [1.807, 2.05) is 6.26 Å². The zero-order chi connectivity index (χ0) is 12.7. The molecule has 1 saturated carbocycles. The minimum Gasteiger partial charge on any atom is -0.504 e. The Labute approximate surface area is 104 Å². The second-order valence-electron chi connectivity index (χ2n) is 3.94. The van der Waals surface area contributed by atoms with Crippen LogP contribution in [0.25, 0.3) is 0 Å². The van der Waals surface area contributed by atoms with E-state index in [0.717, 1.165) is 25.7 Å². The summed E-state index contributed by atoms with van der Waals surface area (Å²) >= 11 is 0. The van der Waals surface area contributed by atoms with Crippen molar-refractivity contribution in [2.75, 3.05) is 28.4 Å². The SMILES string of the molecule is COC=C1CCC(O[Si](OC)(OC)OC)CC1. The van der Waals surface area contributed by atoms with Crippen LogP contribution in [0.15, 0.2) is 11.8 Å². The lowest BCUT2D eigenvalue weighted by atomic mass is 9.94. The molecule has 0 aromatic rings. The van der Waals surface area contributed by atoms with Crippen LogP contribution in [0.4, 0.5) is 0 Å². The highest BCUT2D eigenvalue weighted by Gasteiger charge is 2.44. The molecule has 17 heavy (non-hydrogen) atoms. The summed E-state index contributed by atoms with van der Waals surface area (Å²) < 4.78 is 26.6. The summed E-state index contributed by atoms with van der Waals surface area (Å²) in [5.41, 5.74) is 1.33. The molecule has 0 aliphatic heterocycles. The first kappa shape index (κ1) is 14.7. The Morgan fingerprint density at radius 1 is 1.00 bits per heavy atom. The molecule has 100 valence electrons. The van der Waals surface area contributed by atoms with Gasteiger partial charge >= 0.3 is 9.05 Å². The van der Waals surface area contributed by atoms with Crippen molar-refractivity contribution in [1.82, 2.24) is 0 Å². The van der Waals surface area contributed by atoms with Gasteiger partial charge in [0.05, 0.1) is 19.5 Å². The molecule has 0 aromatic carbocycles. The van der Waals surface area contributed by atoms with Gasteiger partial charge in [0, 0.05) is 21.3 Å². The quantitative estimate of drug-likeness (QED) is 0.540. The summed E-state index contributed by atoms with van der Waals surface area (Å²) in [5.74, 6) is 0. The Kier molecular flexibility index (Phi) is 6.14. The average molecular weight is 262 g/mol. The molecule has 6 heteroatoms. The number of methoxy groups -OCH3 is 1. The molecule has 0 saturated heterocycles. The molecule has 0 N–H and O–H groups in total. The Morgan fingerprint density at radius 3 is 1.94 bits per heavy atom. The summed E-state index contributed by atoms with van der Waals surface area (Å²) in [5, 5.41) is 0. The molecule has 1 rings (SSSR count). The smallest absolute Gasteiger partial charge is 0.504 e. The molecule has 0 bridgehead atoms. The molecule has 0 amide bonds. The third-order valence-corrected chi connectivity index (χ3v) is 5.04. The lowest BCUT2D eigenvalue weighted by Gasteiger charge is -2.31. The lowest BCUT2D eigenvalue weighted by molar-refractivity contribution is -0.0289. The van der Waals surface area contributed by atoms with Crippen LogP contribution < -0.4 is 0 Å². The predicted octanol–water partition coefficient (Wildman–Crippen LogP) is 1.85. The third kappa shape index (κ3) is 4.08. The normalized spacial score (nSPS) is 21.4. The van der Waals surface area contributed by atoms with Gasteiger partial charge in [-0.1, -0.05) is 0 Å². The monoisotopic (exact) mass is 262 g/mol. The number of hydrogen-bond donors (Lipinski definition) is 0. The van der Waals surface area contributed by atoms with Crippen molar-refractivity contribution in [2.45, 2.75) is 31.8 Å². The van der Waals surface area contributed by atoms with E-state index in [1.165, 1.54) is 5.57 Å². The fourth-order valence-corrected chi connectivity index (χ4v) is 3.40. The molecule has 0 atom stereocenters. The van der Waals surface area contributed by atoms with Crippen molar-refractivity contribution in [3.8, 4) is 0 Å². The van der Waals surface area contributed by atoms with Crippen molar-refractivity contribution in [3.63, 3.8) is 0 Å². The minimum atomic E-state index is -2.90. The summed E-state index contributed by atoms with van der Waals surface area (Å²) in [6.45, 7) is 0. The third-order valence-electron chi connectivity index (χ3n) is 2.92. The molecular weight excluding hydrogens is 240 g/mol. The van der Waals surface area contributed by atoms with Gasteiger partial charge in [-0.05, 0) is 31.3 Å². The lowest BCUT2D eigenvalue weighted by Crippen LogP contribution is -2.49. The Hall–Kier alpha value is -0.403. The molecule has 0 unspecified atom stereocenters. The largest absolute Gasteiger partial charge is 0.679 e. The topological polar surface area (TPSA) is 46.2 Å². The second kappa shape index (κ2) is 7.12. The van der Waals surface area contributed by atoms with Gasteiger partial charge in [-0.25, -0.2) is 0 Å².